The van der Waals surface area contributed by atoms with E-state index in [1.807, 2.05) is 18.2 Å². The maximum atomic E-state index is 13.9. The minimum Gasteiger partial charge on any atom is -0.385 e. The van der Waals surface area contributed by atoms with Crippen LogP contribution in [0.5, 0.6) is 0 Å². The van der Waals surface area contributed by atoms with Gasteiger partial charge in [0.15, 0.2) is 0 Å². The predicted octanol–water partition coefficient (Wildman–Crippen LogP) is 3.50. The number of benzene rings is 1. The molecule has 1 N–H and O–H groups in total. The highest BCUT2D eigenvalue weighted by atomic mass is 35.5. The van der Waals surface area contributed by atoms with Crippen molar-refractivity contribution in [2.75, 3.05) is 26.8 Å². The lowest BCUT2D eigenvalue weighted by molar-refractivity contribution is -0.138. The van der Waals surface area contributed by atoms with Crippen LogP contribution < -0.4 is 10.9 Å². The van der Waals surface area contributed by atoms with Crippen molar-refractivity contribution in [1.29, 1.82) is 0 Å². The Kier molecular flexibility index (Phi) is 7.89. The molecule has 0 spiro atoms. The number of amides is 1. The Morgan fingerprint density at radius 3 is 2.73 bits per heavy atom. The topological polar surface area (TPSA) is 63.6 Å². The number of ether oxygens (including phenoxy) is 1. The average molecular weight is 472 g/mol. The molecule has 2 aliphatic rings. The number of methoxy groups -OCH3 is 1. The minimum atomic E-state index is -0.174. The number of aryl methyl sites for hydroxylation is 2. The van der Waals surface area contributed by atoms with Crippen molar-refractivity contribution in [1.82, 2.24) is 14.8 Å². The van der Waals surface area contributed by atoms with Crippen molar-refractivity contribution < 1.29 is 9.53 Å². The van der Waals surface area contributed by atoms with Crippen molar-refractivity contribution in [3.63, 3.8) is 0 Å². The van der Waals surface area contributed by atoms with Gasteiger partial charge in [0.05, 0.1) is 5.92 Å². The summed E-state index contributed by atoms with van der Waals surface area (Å²) in [6, 6.07) is 10.1. The zero-order chi connectivity index (χ0) is 23.4. The number of rotatable bonds is 9. The van der Waals surface area contributed by atoms with E-state index >= 15 is 0 Å². The average Bonchev–Trinajstić information content (AvgIpc) is 3.64. The highest BCUT2D eigenvalue weighted by Crippen LogP contribution is 2.36. The fourth-order valence-electron chi connectivity index (χ4n) is 4.87. The molecule has 1 aromatic heterocycles. The maximum Gasteiger partial charge on any atom is 0.250 e. The van der Waals surface area contributed by atoms with E-state index in [2.05, 4.69) is 16.3 Å². The summed E-state index contributed by atoms with van der Waals surface area (Å²) in [4.78, 5) is 28.1. The molecule has 7 heteroatoms. The lowest BCUT2D eigenvalue weighted by Crippen LogP contribution is -2.47. The number of nitrogens with zero attached hydrogens (tertiary/aromatic N) is 2. The monoisotopic (exact) mass is 471 g/mol. The van der Waals surface area contributed by atoms with E-state index in [1.165, 1.54) is 5.56 Å². The van der Waals surface area contributed by atoms with Gasteiger partial charge in [-0.1, -0.05) is 17.7 Å². The molecule has 1 amide bonds. The van der Waals surface area contributed by atoms with Gasteiger partial charge < -0.3 is 19.5 Å². The molecular formula is C26H34ClN3O3. The molecule has 1 aromatic carbocycles. The molecule has 1 aliphatic heterocycles. The van der Waals surface area contributed by atoms with Gasteiger partial charge in [0, 0.05) is 57.2 Å². The van der Waals surface area contributed by atoms with Crippen molar-refractivity contribution in [2.24, 2.45) is 13.0 Å². The maximum absolute atomic E-state index is 13.9. The second kappa shape index (κ2) is 10.9. The quantitative estimate of drug-likeness (QED) is 0.568. The minimum absolute atomic E-state index is 0.0313. The lowest BCUT2D eigenvalue weighted by Gasteiger charge is -2.35. The standard InChI is InChI=1S/C26H34ClN3O3/c1-29-10-8-20(15-25(29)31)23-7-9-28-16-24(23)26(32)30(22-5-6-22)17-19-12-18(4-3-11-33-2)13-21(27)14-19/h8,10,12-15,22-24,28H,3-7,9,11,16-17H2,1-2H3/t23-,24?/m1/s1. The molecule has 1 unspecified atom stereocenters. The van der Waals surface area contributed by atoms with Crippen LogP contribution in [0, 0.1) is 5.92 Å². The largest absolute Gasteiger partial charge is 0.385 e. The first-order valence-electron chi connectivity index (χ1n) is 11.9. The summed E-state index contributed by atoms with van der Waals surface area (Å²) in [5, 5.41) is 4.11. The summed E-state index contributed by atoms with van der Waals surface area (Å²) >= 11 is 6.42. The second-order valence-electron chi connectivity index (χ2n) is 9.38. The molecule has 2 fully saturated rings. The summed E-state index contributed by atoms with van der Waals surface area (Å²) < 4.78 is 6.75. The van der Waals surface area contributed by atoms with Gasteiger partial charge in [-0.3, -0.25) is 9.59 Å². The normalized spacial score (nSPS) is 20.6. The van der Waals surface area contributed by atoms with Crippen molar-refractivity contribution in [3.8, 4) is 0 Å². The van der Waals surface area contributed by atoms with Crippen LogP contribution in [-0.4, -0.2) is 48.2 Å². The number of hydrogen-bond donors (Lipinski definition) is 1. The lowest BCUT2D eigenvalue weighted by atomic mass is 9.80. The van der Waals surface area contributed by atoms with Crippen LogP contribution in [0.15, 0.2) is 41.3 Å². The molecule has 4 rings (SSSR count). The number of carbonyl (C=O) groups is 1. The van der Waals surface area contributed by atoms with Crippen molar-refractivity contribution >= 4 is 17.5 Å². The van der Waals surface area contributed by atoms with E-state index in [0.29, 0.717) is 30.8 Å². The van der Waals surface area contributed by atoms with Gasteiger partial charge in [-0.15, -0.1) is 0 Å². The van der Waals surface area contributed by atoms with E-state index < -0.39 is 0 Å². The number of nitrogens with one attached hydrogen (secondary N) is 1. The van der Waals surface area contributed by atoms with Gasteiger partial charge in [-0.25, -0.2) is 0 Å². The third kappa shape index (κ3) is 6.05. The van der Waals surface area contributed by atoms with Crippen LogP contribution >= 0.6 is 11.6 Å². The molecule has 2 aromatic rings. The molecule has 2 heterocycles. The molecule has 6 nitrogen and oxygen atoms in total. The Hall–Kier alpha value is -2.15. The second-order valence-corrected chi connectivity index (χ2v) is 9.81. The van der Waals surface area contributed by atoms with E-state index in [9.17, 15) is 9.59 Å². The molecule has 1 aliphatic carbocycles. The Morgan fingerprint density at radius 1 is 1.21 bits per heavy atom. The zero-order valence-electron chi connectivity index (χ0n) is 19.6. The highest BCUT2D eigenvalue weighted by molar-refractivity contribution is 6.30. The third-order valence-electron chi connectivity index (χ3n) is 6.81. The van der Waals surface area contributed by atoms with E-state index in [1.54, 1.807) is 31.0 Å². The van der Waals surface area contributed by atoms with Crippen LogP contribution in [0.4, 0.5) is 0 Å². The Labute approximate surface area is 200 Å². The Morgan fingerprint density at radius 2 is 2.00 bits per heavy atom. The fraction of sp³-hybridized carbons (Fsp3) is 0.538. The molecule has 1 saturated carbocycles. The number of carbonyl (C=O) groups excluding carboxylic acids is 1. The van der Waals surface area contributed by atoms with E-state index in [-0.39, 0.29) is 23.3 Å². The van der Waals surface area contributed by atoms with Crippen LogP contribution in [0.25, 0.3) is 0 Å². The SMILES string of the molecule is COCCCc1cc(Cl)cc(CN(C(=O)C2CNCC[C@@H]2c2ccn(C)c(=O)c2)C2CC2)c1. The van der Waals surface area contributed by atoms with Crippen molar-refractivity contribution in [3.05, 3.63) is 68.6 Å². The van der Waals surface area contributed by atoms with Crippen LogP contribution in [0.3, 0.4) is 0 Å². The number of pyridine rings is 1. The molecule has 2 atom stereocenters. The van der Waals surface area contributed by atoms with Gasteiger partial charge >= 0.3 is 0 Å². The van der Waals surface area contributed by atoms with Gasteiger partial charge in [-0.2, -0.15) is 0 Å². The number of aromatic nitrogens is 1. The van der Waals surface area contributed by atoms with E-state index in [4.69, 9.17) is 16.3 Å². The van der Waals surface area contributed by atoms with Gasteiger partial charge in [0.1, 0.15) is 0 Å². The fourth-order valence-corrected chi connectivity index (χ4v) is 5.15. The Bertz CT molecular complexity index is 1030. The van der Waals surface area contributed by atoms with Gasteiger partial charge in [0.25, 0.3) is 5.56 Å². The van der Waals surface area contributed by atoms with E-state index in [0.717, 1.165) is 49.8 Å². The summed E-state index contributed by atoms with van der Waals surface area (Å²) in [6.07, 6.45) is 6.58. The third-order valence-corrected chi connectivity index (χ3v) is 7.03. The van der Waals surface area contributed by atoms with Gasteiger partial charge in [0.2, 0.25) is 5.91 Å². The summed E-state index contributed by atoms with van der Waals surface area (Å²) in [6.45, 7) is 2.78. The smallest absolute Gasteiger partial charge is 0.250 e. The molecule has 0 bridgehead atoms. The van der Waals surface area contributed by atoms with Crippen LogP contribution in [-0.2, 0) is 29.5 Å². The number of piperidine rings is 1. The molecule has 178 valence electrons. The first-order valence-corrected chi connectivity index (χ1v) is 12.3. The summed E-state index contributed by atoms with van der Waals surface area (Å²) in [7, 11) is 3.46. The molecule has 0 radical (unpaired) electrons. The zero-order valence-corrected chi connectivity index (χ0v) is 20.3. The first kappa shape index (κ1) is 24.0. The first-order chi connectivity index (χ1) is 16.0. The number of halogens is 1. The highest BCUT2D eigenvalue weighted by Gasteiger charge is 2.40. The predicted molar refractivity (Wildman–Crippen MR) is 131 cm³/mol. The van der Waals surface area contributed by atoms with Crippen LogP contribution in [0.2, 0.25) is 5.02 Å². The van der Waals surface area contributed by atoms with Crippen molar-refractivity contribution in [2.45, 2.75) is 50.6 Å². The molecule has 33 heavy (non-hydrogen) atoms. The van der Waals surface area contributed by atoms with Gasteiger partial charge in [-0.05, 0) is 79.5 Å². The molecular weight excluding hydrogens is 438 g/mol. The Balaban J connectivity index is 1.54. The summed E-state index contributed by atoms with van der Waals surface area (Å²) in [5.74, 6) is 0.0564. The summed E-state index contributed by atoms with van der Waals surface area (Å²) in [5.41, 5.74) is 3.19. The van der Waals surface area contributed by atoms with Crippen LogP contribution in [0.1, 0.15) is 48.3 Å². The molecule has 1 saturated heterocycles. The number of hydrogen-bond acceptors (Lipinski definition) is 4.